The number of nitrogens with zero attached hydrogens (tertiary/aromatic N) is 2. The Morgan fingerprint density at radius 1 is 1.77 bits per heavy atom. The predicted molar refractivity (Wildman–Crippen MR) is 47.3 cm³/mol. The summed E-state index contributed by atoms with van der Waals surface area (Å²) in [7, 11) is 0. The molecule has 5 heteroatoms. The lowest BCUT2D eigenvalue weighted by molar-refractivity contribution is -0.139. The number of carboxylic acids is 1. The van der Waals surface area contributed by atoms with Gasteiger partial charge in [-0.2, -0.15) is 5.10 Å². The molecule has 0 aliphatic heterocycles. The molecular weight excluding hydrogens is 170 g/mol. The molecule has 72 valence electrons. The molecule has 0 unspecified atom stereocenters. The quantitative estimate of drug-likeness (QED) is 0.671. The van der Waals surface area contributed by atoms with E-state index in [0.717, 1.165) is 0 Å². The molecule has 1 heterocycles. The third-order valence-corrected chi connectivity index (χ3v) is 1.72. The summed E-state index contributed by atoms with van der Waals surface area (Å²) in [6.07, 6.45) is 3.54. The SMILES string of the molecule is C[C@@H](NCCn1cccn1)C(=O)O. The number of hydrogen-bond donors (Lipinski definition) is 2. The Morgan fingerprint density at radius 2 is 2.54 bits per heavy atom. The monoisotopic (exact) mass is 183 g/mol. The average Bonchev–Trinajstić information content (AvgIpc) is 2.56. The number of carboxylic acid groups (broad SMARTS) is 1. The van der Waals surface area contributed by atoms with E-state index in [0.29, 0.717) is 13.1 Å². The highest BCUT2D eigenvalue weighted by atomic mass is 16.4. The maximum atomic E-state index is 10.4. The van der Waals surface area contributed by atoms with Crippen molar-refractivity contribution in [3.63, 3.8) is 0 Å². The molecule has 1 rings (SSSR count). The standard InChI is InChI=1S/C8H13N3O2/c1-7(8(12)13)9-4-6-11-5-2-3-10-11/h2-3,5,7,9H,4,6H2,1H3,(H,12,13)/t7-/m1/s1. The number of nitrogens with one attached hydrogen (secondary N) is 1. The van der Waals surface area contributed by atoms with Gasteiger partial charge in [-0.25, -0.2) is 0 Å². The second-order valence-electron chi connectivity index (χ2n) is 2.78. The normalized spacial score (nSPS) is 12.7. The fourth-order valence-electron chi connectivity index (χ4n) is 0.916. The van der Waals surface area contributed by atoms with E-state index in [1.54, 1.807) is 17.8 Å². The number of aromatic nitrogens is 2. The first-order valence-electron chi connectivity index (χ1n) is 4.14. The highest BCUT2D eigenvalue weighted by Gasteiger charge is 2.08. The zero-order chi connectivity index (χ0) is 9.68. The largest absolute Gasteiger partial charge is 0.480 e. The number of aliphatic carboxylic acids is 1. The van der Waals surface area contributed by atoms with Crippen LogP contribution in [0, 0.1) is 0 Å². The summed E-state index contributed by atoms with van der Waals surface area (Å²) < 4.78 is 1.75. The molecule has 0 amide bonds. The van der Waals surface area contributed by atoms with Crippen LogP contribution in [-0.4, -0.2) is 33.4 Å². The van der Waals surface area contributed by atoms with Crippen molar-refractivity contribution in [2.45, 2.75) is 19.5 Å². The van der Waals surface area contributed by atoms with Crippen molar-refractivity contribution in [2.75, 3.05) is 6.54 Å². The molecule has 13 heavy (non-hydrogen) atoms. The summed E-state index contributed by atoms with van der Waals surface area (Å²) in [5, 5.41) is 15.4. The molecule has 2 N–H and O–H groups in total. The van der Waals surface area contributed by atoms with Gasteiger partial charge in [-0.1, -0.05) is 0 Å². The van der Waals surface area contributed by atoms with Crippen LogP contribution >= 0.6 is 0 Å². The van der Waals surface area contributed by atoms with E-state index in [1.807, 2.05) is 12.3 Å². The van der Waals surface area contributed by atoms with Crippen molar-refractivity contribution in [1.82, 2.24) is 15.1 Å². The molecule has 1 aromatic rings. The van der Waals surface area contributed by atoms with E-state index >= 15 is 0 Å². The van der Waals surface area contributed by atoms with Gasteiger partial charge >= 0.3 is 5.97 Å². The molecule has 0 bridgehead atoms. The van der Waals surface area contributed by atoms with E-state index < -0.39 is 12.0 Å². The molecular formula is C8H13N3O2. The maximum Gasteiger partial charge on any atom is 0.320 e. The van der Waals surface area contributed by atoms with Crippen molar-refractivity contribution in [2.24, 2.45) is 0 Å². The Balaban J connectivity index is 2.18. The van der Waals surface area contributed by atoms with E-state index in [-0.39, 0.29) is 0 Å². The van der Waals surface area contributed by atoms with Crippen molar-refractivity contribution in [3.05, 3.63) is 18.5 Å². The first kappa shape index (κ1) is 9.73. The van der Waals surface area contributed by atoms with Gasteiger partial charge in [-0.05, 0) is 13.0 Å². The average molecular weight is 183 g/mol. The highest BCUT2D eigenvalue weighted by Crippen LogP contribution is 1.84. The first-order chi connectivity index (χ1) is 6.20. The van der Waals surface area contributed by atoms with Crippen LogP contribution in [0.2, 0.25) is 0 Å². The number of carbonyl (C=O) groups is 1. The van der Waals surface area contributed by atoms with Gasteiger partial charge in [-0.15, -0.1) is 0 Å². The van der Waals surface area contributed by atoms with Gasteiger partial charge in [0.25, 0.3) is 0 Å². The molecule has 0 fully saturated rings. The van der Waals surface area contributed by atoms with Crippen LogP contribution in [0.5, 0.6) is 0 Å². The van der Waals surface area contributed by atoms with E-state index in [4.69, 9.17) is 5.11 Å². The van der Waals surface area contributed by atoms with Crippen LogP contribution in [0.25, 0.3) is 0 Å². The smallest absolute Gasteiger partial charge is 0.320 e. The van der Waals surface area contributed by atoms with Crippen LogP contribution in [-0.2, 0) is 11.3 Å². The Hall–Kier alpha value is -1.36. The van der Waals surface area contributed by atoms with E-state index in [9.17, 15) is 4.79 Å². The summed E-state index contributed by atoms with van der Waals surface area (Å²) >= 11 is 0. The maximum absolute atomic E-state index is 10.4. The molecule has 0 aromatic carbocycles. The third kappa shape index (κ3) is 3.25. The van der Waals surface area contributed by atoms with Crippen LogP contribution in [0.4, 0.5) is 0 Å². The van der Waals surface area contributed by atoms with E-state index in [2.05, 4.69) is 10.4 Å². The Labute approximate surface area is 76.4 Å². The highest BCUT2D eigenvalue weighted by molar-refractivity contribution is 5.72. The summed E-state index contributed by atoms with van der Waals surface area (Å²) in [6.45, 7) is 2.91. The van der Waals surface area contributed by atoms with Crippen LogP contribution in [0.15, 0.2) is 18.5 Å². The summed E-state index contributed by atoms with van der Waals surface area (Å²) in [5.41, 5.74) is 0. The Morgan fingerprint density at radius 3 is 3.08 bits per heavy atom. The van der Waals surface area contributed by atoms with Gasteiger partial charge in [0.05, 0.1) is 6.54 Å². The Kier molecular flexibility index (Phi) is 3.45. The van der Waals surface area contributed by atoms with Crippen LogP contribution in [0.1, 0.15) is 6.92 Å². The molecule has 0 spiro atoms. The van der Waals surface area contributed by atoms with Gasteiger partial charge in [0.2, 0.25) is 0 Å². The predicted octanol–water partition coefficient (Wildman–Crippen LogP) is -0.0542. The van der Waals surface area contributed by atoms with Crippen molar-refractivity contribution >= 4 is 5.97 Å². The third-order valence-electron chi connectivity index (χ3n) is 1.72. The fourth-order valence-corrected chi connectivity index (χ4v) is 0.916. The van der Waals surface area contributed by atoms with Crippen LogP contribution < -0.4 is 5.32 Å². The minimum atomic E-state index is -0.833. The molecule has 0 radical (unpaired) electrons. The minimum absolute atomic E-state index is 0.504. The lowest BCUT2D eigenvalue weighted by atomic mass is 10.3. The first-order valence-corrected chi connectivity index (χ1v) is 4.14. The van der Waals surface area contributed by atoms with E-state index in [1.165, 1.54) is 0 Å². The zero-order valence-corrected chi connectivity index (χ0v) is 7.47. The van der Waals surface area contributed by atoms with Crippen molar-refractivity contribution in [3.8, 4) is 0 Å². The van der Waals surface area contributed by atoms with Crippen molar-refractivity contribution in [1.29, 1.82) is 0 Å². The molecule has 0 saturated carbocycles. The molecule has 0 aliphatic rings. The molecule has 0 saturated heterocycles. The topological polar surface area (TPSA) is 67.2 Å². The van der Waals surface area contributed by atoms with Gasteiger partial charge in [0.15, 0.2) is 0 Å². The van der Waals surface area contributed by atoms with Gasteiger partial charge in [0, 0.05) is 18.9 Å². The zero-order valence-electron chi connectivity index (χ0n) is 7.47. The lowest BCUT2D eigenvalue weighted by Crippen LogP contribution is -2.35. The van der Waals surface area contributed by atoms with Crippen molar-refractivity contribution < 1.29 is 9.90 Å². The Bertz CT molecular complexity index is 258. The second-order valence-corrected chi connectivity index (χ2v) is 2.78. The molecule has 0 aliphatic carbocycles. The minimum Gasteiger partial charge on any atom is -0.480 e. The van der Waals surface area contributed by atoms with Gasteiger partial charge < -0.3 is 10.4 Å². The van der Waals surface area contributed by atoms with Crippen LogP contribution in [0.3, 0.4) is 0 Å². The number of rotatable bonds is 5. The number of hydrogen-bond acceptors (Lipinski definition) is 3. The van der Waals surface area contributed by atoms with Gasteiger partial charge in [-0.3, -0.25) is 9.48 Å². The summed E-state index contributed by atoms with van der Waals surface area (Å²) in [4.78, 5) is 10.4. The van der Waals surface area contributed by atoms with Gasteiger partial charge in [0.1, 0.15) is 6.04 Å². The lowest BCUT2D eigenvalue weighted by Gasteiger charge is -2.08. The molecule has 1 atom stereocenters. The fraction of sp³-hybridized carbons (Fsp3) is 0.500. The molecule has 5 nitrogen and oxygen atoms in total. The summed E-state index contributed by atoms with van der Waals surface area (Å²) in [5.74, 6) is -0.833. The summed E-state index contributed by atoms with van der Waals surface area (Å²) in [6, 6.07) is 1.33. The second kappa shape index (κ2) is 4.61. The molecule has 1 aromatic heterocycles.